The van der Waals surface area contributed by atoms with E-state index in [4.69, 9.17) is 0 Å². The van der Waals surface area contributed by atoms with Gasteiger partial charge in [-0.15, -0.1) is 10.2 Å². The van der Waals surface area contributed by atoms with E-state index in [1.165, 1.54) is 16.7 Å². The summed E-state index contributed by atoms with van der Waals surface area (Å²) in [6, 6.07) is 6.57. The van der Waals surface area contributed by atoms with E-state index < -0.39 is 0 Å². The third-order valence-corrected chi connectivity index (χ3v) is 3.27. The minimum absolute atomic E-state index is 0.0264. The topological polar surface area (TPSA) is 30.7 Å². The van der Waals surface area contributed by atoms with Crippen LogP contribution in [0.4, 0.5) is 0 Å². The first-order valence-electron chi connectivity index (χ1n) is 6.33. The van der Waals surface area contributed by atoms with E-state index in [0.29, 0.717) is 0 Å². The number of benzene rings is 1. The Balaban J connectivity index is 2.29. The molecule has 0 N–H and O–H groups in total. The average molecular weight is 243 g/mol. The maximum atomic E-state index is 4.24. The van der Waals surface area contributed by atoms with Crippen molar-refractivity contribution in [2.24, 2.45) is 0 Å². The van der Waals surface area contributed by atoms with Crippen LogP contribution in [0.5, 0.6) is 0 Å². The first-order valence-corrected chi connectivity index (χ1v) is 6.33. The Morgan fingerprint density at radius 1 is 1.11 bits per heavy atom. The summed E-state index contributed by atoms with van der Waals surface area (Å²) in [6.07, 6.45) is 2.65. The van der Waals surface area contributed by atoms with Gasteiger partial charge >= 0.3 is 0 Å². The molecule has 0 aliphatic heterocycles. The molecule has 1 heterocycles. The molecule has 0 aliphatic rings. The van der Waals surface area contributed by atoms with Crippen LogP contribution >= 0.6 is 0 Å². The van der Waals surface area contributed by atoms with Crippen LogP contribution in [-0.4, -0.2) is 14.8 Å². The molecule has 0 radical (unpaired) electrons. The lowest BCUT2D eigenvalue weighted by Crippen LogP contribution is -2.23. The Hall–Kier alpha value is -1.64. The van der Waals surface area contributed by atoms with Crippen LogP contribution in [0.25, 0.3) is 0 Å². The molecule has 0 unspecified atom stereocenters. The van der Waals surface area contributed by atoms with Crippen LogP contribution < -0.4 is 0 Å². The predicted octanol–water partition coefficient (Wildman–Crippen LogP) is 3.24. The van der Waals surface area contributed by atoms with Gasteiger partial charge in [-0.2, -0.15) is 0 Å². The van der Waals surface area contributed by atoms with Crippen LogP contribution in [0.2, 0.25) is 0 Å². The molecule has 2 rings (SSSR count). The van der Waals surface area contributed by atoms with Gasteiger partial charge in [-0.3, -0.25) is 0 Å². The van der Waals surface area contributed by atoms with Crippen LogP contribution in [0.1, 0.15) is 43.3 Å². The SMILES string of the molecule is Cc1ccc(Cc2nncn2C(C)(C)C)cc1C. The third-order valence-electron chi connectivity index (χ3n) is 3.27. The van der Waals surface area contributed by atoms with Gasteiger partial charge in [0.25, 0.3) is 0 Å². The second-order valence-electron chi connectivity index (χ2n) is 5.88. The number of hydrogen-bond donors (Lipinski definition) is 0. The summed E-state index contributed by atoms with van der Waals surface area (Å²) in [5.41, 5.74) is 3.97. The fraction of sp³-hybridized carbons (Fsp3) is 0.467. The van der Waals surface area contributed by atoms with Crippen molar-refractivity contribution < 1.29 is 0 Å². The van der Waals surface area contributed by atoms with E-state index in [1.807, 2.05) is 6.33 Å². The molecule has 3 nitrogen and oxygen atoms in total. The molecule has 0 amide bonds. The third kappa shape index (κ3) is 2.61. The maximum Gasteiger partial charge on any atom is 0.137 e. The molecule has 18 heavy (non-hydrogen) atoms. The molecule has 96 valence electrons. The lowest BCUT2D eigenvalue weighted by Gasteiger charge is -2.22. The smallest absolute Gasteiger partial charge is 0.137 e. The highest BCUT2D eigenvalue weighted by Gasteiger charge is 2.17. The van der Waals surface area contributed by atoms with Crippen LogP contribution in [-0.2, 0) is 12.0 Å². The van der Waals surface area contributed by atoms with Crippen molar-refractivity contribution in [3.05, 3.63) is 47.0 Å². The van der Waals surface area contributed by atoms with Gasteiger partial charge in [0.15, 0.2) is 0 Å². The average Bonchev–Trinajstić information content (AvgIpc) is 2.71. The monoisotopic (exact) mass is 243 g/mol. The van der Waals surface area contributed by atoms with Crippen molar-refractivity contribution in [2.45, 2.75) is 46.6 Å². The van der Waals surface area contributed by atoms with Crippen molar-refractivity contribution in [1.82, 2.24) is 14.8 Å². The van der Waals surface area contributed by atoms with Gasteiger partial charge in [0.05, 0.1) is 0 Å². The van der Waals surface area contributed by atoms with E-state index in [1.54, 1.807) is 0 Å². The lowest BCUT2D eigenvalue weighted by atomic mass is 10.0. The van der Waals surface area contributed by atoms with Gasteiger partial charge in [0.1, 0.15) is 12.2 Å². The molecule has 1 aromatic carbocycles. The zero-order valence-electron chi connectivity index (χ0n) is 11.9. The second-order valence-corrected chi connectivity index (χ2v) is 5.88. The first kappa shape index (κ1) is 12.8. The van der Waals surface area contributed by atoms with Gasteiger partial charge in [-0.05, 0) is 51.3 Å². The molecule has 0 bridgehead atoms. The number of rotatable bonds is 2. The molecule has 0 spiro atoms. The molecule has 2 aromatic rings. The van der Waals surface area contributed by atoms with Gasteiger partial charge < -0.3 is 4.57 Å². The number of aryl methyl sites for hydroxylation is 2. The summed E-state index contributed by atoms with van der Waals surface area (Å²) in [5.74, 6) is 1.02. The molecule has 3 heteroatoms. The quantitative estimate of drug-likeness (QED) is 0.810. The van der Waals surface area contributed by atoms with E-state index in [2.05, 4.69) is 67.6 Å². The van der Waals surface area contributed by atoms with E-state index in [0.717, 1.165) is 12.2 Å². The molecule has 0 aliphatic carbocycles. The summed E-state index contributed by atoms with van der Waals surface area (Å²) in [6.45, 7) is 10.8. The van der Waals surface area contributed by atoms with E-state index >= 15 is 0 Å². The maximum absolute atomic E-state index is 4.24. The Labute approximate surface area is 109 Å². The number of aromatic nitrogens is 3. The number of nitrogens with zero attached hydrogens (tertiary/aromatic N) is 3. The zero-order chi connectivity index (χ0) is 13.3. The largest absolute Gasteiger partial charge is 0.312 e. The minimum atomic E-state index is 0.0264. The Kier molecular flexibility index (Phi) is 3.24. The molecular weight excluding hydrogens is 222 g/mol. The van der Waals surface area contributed by atoms with E-state index in [-0.39, 0.29) is 5.54 Å². The van der Waals surface area contributed by atoms with Crippen molar-refractivity contribution in [3.63, 3.8) is 0 Å². The van der Waals surface area contributed by atoms with Crippen molar-refractivity contribution in [3.8, 4) is 0 Å². The normalized spacial score (nSPS) is 11.8. The molecule has 0 saturated carbocycles. The lowest BCUT2D eigenvalue weighted by molar-refractivity contribution is 0.384. The first-order chi connectivity index (χ1) is 8.38. The molecule has 1 aromatic heterocycles. The van der Waals surface area contributed by atoms with Crippen LogP contribution in [0.15, 0.2) is 24.5 Å². The van der Waals surface area contributed by atoms with Crippen molar-refractivity contribution >= 4 is 0 Å². The summed E-state index contributed by atoms with van der Waals surface area (Å²) in [5, 5.41) is 8.28. The Bertz CT molecular complexity index is 547. The highest BCUT2D eigenvalue weighted by Crippen LogP contribution is 2.18. The summed E-state index contributed by atoms with van der Waals surface area (Å²) >= 11 is 0. The molecule has 0 saturated heterocycles. The predicted molar refractivity (Wildman–Crippen MR) is 73.7 cm³/mol. The second kappa shape index (κ2) is 4.56. The van der Waals surface area contributed by atoms with Crippen molar-refractivity contribution in [1.29, 1.82) is 0 Å². The molecule has 0 atom stereocenters. The summed E-state index contributed by atoms with van der Waals surface area (Å²) in [7, 11) is 0. The van der Waals surface area contributed by atoms with Gasteiger partial charge in [0, 0.05) is 12.0 Å². The summed E-state index contributed by atoms with van der Waals surface area (Å²) in [4.78, 5) is 0. The highest BCUT2D eigenvalue weighted by atomic mass is 15.3. The standard InChI is InChI=1S/C15H21N3/c1-11-6-7-13(8-12(11)2)9-14-17-16-10-18(14)15(3,4)5/h6-8,10H,9H2,1-5H3. The minimum Gasteiger partial charge on any atom is -0.312 e. The van der Waals surface area contributed by atoms with Crippen LogP contribution in [0.3, 0.4) is 0 Å². The molecular formula is C15H21N3. The van der Waals surface area contributed by atoms with Gasteiger partial charge in [0.2, 0.25) is 0 Å². The Morgan fingerprint density at radius 3 is 2.44 bits per heavy atom. The highest BCUT2D eigenvalue weighted by molar-refractivity contribution is 5.31. The van der Waals surface area contributed by atoms with Gasteiger partial charge in [-0.1, -0.05) is 18.2 Å². The number of hydrogen-bond acceptors (Lipinski definition) is 2. The van der Waals surface area contributed by atoms with Crippen molar-refractivity contribution in [2.75, 3.05) is 0 Å². The fourth-order valence-corrected chi connectivity index (χ4v) is 2.04. The van der Waals surface area contributed by atoms with E-state index in [9.17, 15) is 0 Å². The fourth-order valence-electron chi connectivity index (χ4n) is 2.04. The zero-order valence-corrected chi connectivity index (χ0v) is 11.9. The molecule has 0 fully saturated rings. The van der Waals surface area contributed by atoms with Gasteiger partial charge in [-0.25, -0.2) is 0 Å². The summed E-state index contributed by atoms with van der Waals surface area (Å²) < 4.78 is 2.14. The Morgan fingerprint density at radius 2 is 1.83 bits per heavy atom. The van der Waals surface area contributed by atoms with Crippen LogP contribution in [0, 0.1) is 13.8 Å².